The van der Waals surface area contributed by atoms with Crippen LogP contribution in [0.4, 0.5) is 26.3 Å². The molecule has 1 aliphatic rings. The van der Waals surface area contributed by atoms with Crippen LogP contribution in [0.15, 0.2) is 18.2 Å². The number of carboxylic acid groups (broad SMARTS) is 1. The van der Waals surface area contributed by atoms with Gasteiger partial charge in [0.05, 0.1) is 11.1 Å². The molecule has 1 aromatic rings. The van der Waals surface area contributed by atoms with Crippen LogP contribution in [0, 0.1) is 0 Å². The molecule has 1 unspecified atom stereocenters. The summed E-state index contributed by atoms with van der Waals surface area (Å²) >= 11 is 1.21. The Kier molecular flexibility index (Phi) is 4.99. The minimum atomic E-state index is -5.09. The summed E-state index contributed by atoms with van der Waals surface area (Å²) in [5.41, 5.74) is -5.90. The number of carbonyl (C=O) groups excluding carboxylic acids is 1. The first kappa shape index (κ1) is 19.4. The van der Waals surface area contributed by atoms with Gasteiger partial charge in [0.15, 0.2) is 0 Å². The highest BCUT2D eigenvalue weighted by Gasteiger charge is 2.44. The van der Waals surface area contributed by atoms with Crippen molar-refractivity contribution in [2.75, 3.05) is 11.5 Å². The first-order valence-corrected chi connectivity index (χ1v) is 7.94. The van der Waals surface area contributed by atoms with E-state index in [0.717, 1.165) is 0 Å². The first-order chi connectivity index (χ1) is 11.3. The Morgan fingerprint density at radius 2 is 1.56 bits per heavy atom. The number of carboxylic acids is 1. The third kappa shape index (κ3) is 4.20. The number of alkyl halides is 6. The maximum Gasteiger partial charge on any atom is 0.416 e. The summed E-state index contributed by atoms with van der Waals surface area (Å²) < 4.78 is 76.9. The van der Waals surface area contributed by atoms with Crippen LogP contribution in [0.5, 0.6) is 0 Å². The van der Waals surface area contributed by atoms with Gasteiger partial charge in [-0.2, -0.15) is 38.1 Å². The van der Waals surface area contributed by atoms with Crippen molar-refractivity contribution in [2.45, 2.75) is 24.3 Å². The summed E-state index contributed by atoms with van der Waals surface area (Å²) in [5, 5.41) is 11.3. The van der Waals surface area contributed by atoms with Crippen molar-refractivity contribution in [2.24, 2.45) is 0 Å². The van der Waals surface area contributed by atoms with E-state index < -0.39 is 46.5 Å². The Morgan fingerprint density at radius 3 is 1.92 bits per heavy atom. The molecular weight excluding hydrogens is 376 g/mol. The van der Waals surface area contributed by atoms with Gasteiger partial charge in [0.2, 0.25) is 0 Å². The van der Waals surface area contributed by atoms with Crippen LogP contribution in [0.3, 0.4) is 0 Å². The largest absolute Gasteiger partial charge is 0.479 e. The average molecular weight is 387 g/mol. The van der Waals surface area contributed by atoms with E-state index in [1.807, 2.05) is 0 Å². The first-order valence-electron chi connectivity index (χ1n) is 6.78. The summed E-state index contributed by atoms with van der Waals surface area (Å²) in [6, 6.07) is 0.430. The summed E-state index contributed by atoms with van der Waals surface area (Å²) in [7, 11) is 0. The molecule has 2 rings (SSSR count). The van der Waals surface area contributed by atoms with E-state index in [4.69, 9.17) is 0 Å². The summed E-state index contributed by atoms with van der Waals surface area (Å²) in [4.78, 5) is 23.5. The highest BCUT2D eigenvalue weighted by atomic mass is 32.2. The fourth-order valence-corrected chi connectivity index (χ4v) is 3.59. The van der Waals surface area contributed by atoms with Gasteiger partial charge >= 0.3 is 18.3 Å². The van der Waals surface area contributed by atoms with Gasteiger partial charge < -0.3 is 10.4 Å². The number of thioether (sulfide) groups is 1. The highest BCUT2D eigenvalue weighted by Crippen LogP contribution is 2.36. The van der Waals surface area contributed by atoms with E-state index in [0.29, 0.717) is 5.75 Å². The van der Waals surface area contributed by atoms with E-state index in [1.165, 1.54) is 11.8 Å². The van der Waals surface area contributed by atoms with Crippen LogP contribution < -0.4 is 5.32 Å². The number of nitrogens with one attached hydrogen (secondary N) is 1. The summed E-state index contributed by atoms with van der Waals surface area (Å²) in [5.74, 6) is -2.34. The molecule has 11 heteroatoms. The second kappa shape index (κ2) is 6.43. The molecule has 138 valence electrons. The Labute approximate surface area is 141 Å². The van der Waals surface area contributed by atoms with Crippen molar-refractivity contribution in [1.29, 1.82) is 0 Å². The van der Waals surface area contributed by atoms with Crippen molar-refractivity contribution < 1.29 is 41.0 Å². The molecule has 1 amide bonds. The van der Waals surface area contributed by atoms with E-state index in [2.05, 4.69) is 5.32 Å². The molecule has 0 bridgehead atoms. The SMILES string of the molecule is O=C(NC1(C(=O)O)CCSC1)c1cc(C(F)(F)F)cc(C(F)(F)F)c1. The monoisotopic (exact) mass is 387 g/mol. The fraction of sp³-hybridized carbons (Fsp3) is 0.429. The van der Waals surface area contributed by atoms with Crippen LogP contribution >= 0.6 is 11.8 Å². The lowest BCUT2D eigenvalue weighted by Crippen LogP contribution is -2.54. The smallest absolute Gasteiger partial charge is 0.416 e. The number of benzene rings is 1. The van der Waals surface area contributed by atoms with Crippen LogP contribution in [0.2, 0.25) is 0 Å². The standard InChI is InChI=1S/C14H11F6NO3S/c15-13(16,17)8-3-7(4-9(5-8)14(18,19)20)10(22)21-12(11(23)24)1-2-25-6-12/h3-5H,1-2,6H2,(H,21,22)(H,23,24). The number of carbonyl (C=O) groups is 2. The molecule has 1 saturated heterocycles. The van der Waals surface area contributed by atoms with Gasteiger partial charge in [-0.25, -0.2) is 4.79 Å². The van der Waals surface area contributed by atoms with Crippen LogP contribution in [0.1, 0.15) is 27.9 Å². The molecule has 0 saturated carbocycles. The summed E-state index contributed by atoms with van der Waals surface area (Å²) in [6.45, 7) is 0. The highest BCUT2D eigenvalue weighted by molar-refractivity contribution is 7.99. The molecule has 25 heavy (non-hydrogen) atoms. The molecule has 0 radical (unpaired) electrons. The van der Waals surface area contributed by atoms with Crippen molar-refractivity contribution >= 4 is 23.6 Å². The Hall–Kier alpha value is -1.91. The van der Waals surface area contributed by atoms with Gasteiger partial charge in [0.1, 0.15) is 5.54 Å². The van der Waals surface area contributed by atoms with Crippen molar-refractivity contribution in [3.63, 3.8) is 0 Å². The number of hydrogen-bond donors (Lipinski definition) is 2. The number of aliphatic carboxylic acids is 1. The van der Waals surface area contributed by atoms with E-state index in [1.54, 1.807) is 0 Å². The lowest BCUT2D eigenvalue weighted by atomic mass is 9.97. The van der Waals surface area contributed by atoms with E-state index in [-0.39, 0.29) is 30.4 Å². The van der Waals surface area contributed by atoms with Crippen LogP contribution in [-0.2, 0) is 17.1 Å². The normalized spacial score (nSPS) is 21.2. The van der Waals surface area contributed by atoms with Crippen molar-refractivity contribution in [3.05, 3.63) is 34.9 Å². The molecule has 1 heterocycles. The van der Waals surface area contributed by atoms with Gasteiger partial charge in [-0.1, -0.05) is 0 Å². The van der Waals surface area contributed by atoms with Gasteiger partial charge in [-0.15, -0.1) is 0 Å². The molecule has 1 aromatic carbocycles. The van der Waals surface area contributed by atoms with Crippen LogP contribution in [0.25, 0.3) is 0 Å². The number of halogens is 6. The topological polar surface area (TPSA) is 66.4 Å². The number of rotatable bonds is 3. The lowest BCUT2D eigenvalue weighted by Gasteiger charge is -2.25. The van der Waals surface area contributed by atoms with Gasteiger partial charge in [0.25, 0.3) is 5.91 Å². The van der Waals surface area contributed by atoms with Crippen molar-refractivity contribution in [3.8, 4) is 0 Å². The molecule has 0 aliphatic carbocycles. The number of amides is 1. The third-order valence-electron chi connectivity index (χ3n) is 3.63. The zero-order valence-corrected chi connectivity index (χ0v) is 13.1. The molecule has 4 nitrogen and oxygen atoms in total. The zero-order chi connectivity index (χ0) is 19.0. The van der Waals surface area contributed by atoms with Gasteiger partial charge in [-0.3, -0.25) is 4.79 Å². The second-order valence-electron chi connectivity index (χ2n) is 5.44. The Balaban J connectivity index is 2.43. The average Bonchev–Trinajstić information content (AvgIpc) is 2.95. The molecular formula is C14H11F6NO3S. The fourth-order valence-electron chi connectivity index (χ4n) is 2.26. The summed E-state index contributed by atoms with van der Waals surface area (Å²) in [6.07, 6.45) is -10.2. The zero-order valence-electron chi connectivity index (χ0n) is 12.3. The molecule has 1 aliphatic heterocycles. The predicted octanol–water partition coefficient (Wildman–Crippen LogP) is 3.41. The molecule has 0 spiro atoms. The second-order valence-corrected chi connectivity index (χ2v) is 6.54. The van der Waals surface area contributed by atoms with E-state index >= 15 is 0 Å². The minimum absolute atomic E-state index is 0.0177. The van der Waals surface area contributed by atoms with Gasteiger partial charge in [-0.05, 0) is 30.4 Å². The molecule has 2 N–H and O–H groups in total. The Morgan fingerprint density at radius 1 is 1.04 bits per heavy atom. The molecule has 0 aromatic heterocycles. The number of hydrogen-bond acceptors (Lipinski definition) is 3. The third-order valence-corrected chi connectivity index (χ3v) is 4.82. The van der Waals surface area contributed by atoms with Gasteiger partial charge in [0, 0.05) is 11.3 Å². The maximum absolute atomic E-state index is 12.8. The van der Waals surface area contributed by atoms with Crippen molar-refractivity contribution in [1.82, 2.24) is 5.32 Å². The maximum atomic E-state index is 12.8. The predicted molar refractivity (Wildman–Crippen MR) is 76.2 cm³/mol. The minimum Gasteiger partial charge on any atom is -0.479 e. The quantitative estimate of drug-likeness (QED) is 0.781. The van der Waals surface area contributed by atoms with E-state index in [9.17, 15) is 41.0 Å². The lowest BCUT2D eigenvalue weighted by molar-refractivity contribution is -0.144. The Bertz CT molecular complexity index is 663. The molecule has 1 fully saturated rings. The molecule has 1 atom stereocenters. The van der Waals surface area contributed by atoms with Crippen LogP contribution in [-0.4, -0.2) is 34.0 Å².